The van der Waals surface area contributed by atoms with E-state index in [0.717, 1.165) is 6.26 Å². The molecule has 0 radical (unpaired) electrons. The molecule has 0 aliphatic carbocycles. The van der Waals surface area contributed by atoms with Crippen LogP contribution in [-0.4, -0.2) is 27.7 Å². The van der Waals surface area contributed by atoms with Crippen LogP contribution in [0.15, 0.2) is 36.4 Å². The van der Waals surface area contributed by atoms with Crippen LogP contribution in [0.4, 0.5) is 11.4 Å². The standard InChI is InChI=1S/C15H14Cl2N2O4S/c1-23-14-6-4-10(8-12(14)17)18-15(20)9-3-5-11(16)13(7-9)19-24(2,21)22/h3-8,19H,1-2H3,(H,18,20). The van der Waals surface area contributed by atoms with E-state index in [1.807, 2.05) is 0 Å². The minimum atomic E-state index is -3.51. The zero-order chi connectivity index (χ0) is 17.9. The molecule has 9 heteroatoms. The number of nitrogens with one attached hydrogen (secondary N) is 2. The first-order valence-electron chi connectivity index (χ1n) is 6.62. The fourth-order valence-corrected chi connectivity index (χ4v) is 2.94. The van der Waals surface area contributed by atoms with Crippen molar-refractivity contribution in [2.24, 2.45) is 0 Å². The molecule has 0 saturated carbocycles. The van der Waals surface area contributed by atoms with Crippen molar-refractivity contribution in [3.63, 3.8) is 0 Å². The lowest BCUT2D eigenvalue weighted by Gasteiger charge is -2.10. The summed E-state index contributed by atoms with van der Waals surface area (Å²) in [5, 5.41) is 3.20. The van der Waals surface area contributed by atoms with Crippen LogP contribution in [0.3, 0.4) is 0 Å². The first-order valence-corrected chi connectivity index (χ1v) is 9.26. The highest BCUT2D eigenvalue weighted by Crippen LogP contribution is 2.28. The lowest BCUT2D eigenvalue weighted by atomic mass is 10.2. The molecule has 0 saturated heterocycles. The van der Waals surface area contributed by atoms with E-state index in [-0.39, 0.29) is 16.3 Å². The second-order valence-corrected chi connectivity index (χ2v) is 7.44. The smallest absolute Gasteiger partial charge is 0.255 e. The highest BCUT2D eigenvalue weighted by molar-refractivity contribution is 7.92. The van der Waals surface area contributed by atoms with Gasteiger partial charge in [0.05, 0.1) is 29.1 Å². The van der Waals surface area contributed by atoms with Crippen molar-refractivity contribution in [3.05, 3.63) is 52.0 Å². The Labute approximate surface area is 149 Å². The van der Waals surface area contributed by atoms with Gasteiger partial charge >= 0.3 is 0 Å². The lowest BCUT2D eigenvalue weighted by Crippen LogP contribution is -2.14. The Morgan fingerprint density at radius 2 is 1.79 bits per heavy atom. The van der Waals surface area contributed by atoms with E-state index in [2.05, 4.69) is 10.0 Å². The van der Waals surface area contributed by atoms with E-state index >= 15 is 0 Å². The minimum Gasteiger partial charge on any atom is -0.495 e. The molecule has 2 aromatic carbocycles. The maximum absolute atomic E-state index is 12.3. The summed E-state index contributed by atoms with van der Waals surface area (Å²) in [6, 6.07) is 9.07. The third-order valence-electron chi connectivity index (χ3n) is 2.93. The van der Waals surface area contributed by atoms with Crippen molar-refractivity contribution < 1.29 is 17.9 Å². The molecule has 6 nitrogen and oxygen atoms in total. The molecule has 2 aromatic rings. The summed E-state index contributed by atoms with van der Waals surface area (Å²) in [4.78, 5) is 12.3. The van der Waals surface area contributed by atoms with E-state index in [1.165, 1.54) is 25.3 Å². The van der Waals surface area contributed by atoms with Crippen molar-refractivity contribution in [2.75, 3.05) is 23.4 Å². The summed E-state index contributed by atoms with van der Waals surface area (Å²) in [6.45, 7) is 0. The van der Waals surface area contributed by atoms with E-state index in [4.69, 9.17) is 27.9 Å². The number of sulfonamides is 1. The average Bonchev–Trinajstić information content (AvgIpc) is 2.48. The minimum absolute atomic E-state index is 0.125. The highest BCUT2D eigenvalue weighted by Gasteiger charge is 2.12. The van der Waals surface area contributed by atoms with Crippen LogP contribution >= 0.6 is 23.2 Å². The number of carbonyl (C=O) groups excluding carboxylic acids is 1. The fourth-order valence-electron chi connectivity index (χ4n) is 1.89. The van der Waals surface area contributed by atoms with Gasteiger partial charge in [-0.25, -0.2) is 8.42 Å². The molecular weight excluding hydrogens is 375 g/mol. The highest BCUT2D eigenvalue weighted by atomic mass is 35.5. The molecule has 24 heavy (non-hydrogen) atoms. The van der Waals surface area contributed by atoms with Gasteiger partial charge in [0.2, 0.25) is 10.0 Å². The van der Waals surface area contributed by atoms with E-state index < -0.39 is 15.9 Å². The molecule has 128 valence electrons. The molecule has 0 atom stereocenters. The quantitative estimate of drug-likeness (QED) is 0.818. The third-order valence-corrected chi connectivity index (χ3v) is 4.15. The Kier molecular flexibility index (Phi) is 5.58. The van der Waals surface area contributed by atoms with Crippen LogP contribution < -0.4 is 14.8 Å². The molecule has 0 aromatic heterocycles. The van der Waals surface area contributed by atoms with E-state index in [0.29, 0.717) is 16.5 Å². The monoisotopic (exact) mass is 388 g/mol. The maximum Gasteiger partial charge on any atom is 0.255 e. The van der Waals surface area contributed by atoms with Gasteiger partial charge in [0.25, 0.3) is 5.91 Å². The Morgan fingerprint density at radius 1 is 1.08 bits per heavy atom. The van der Waals surface area contributed by atoms with E-state index in [9.17, 15) is 13.2 Å². The van der Waals surface area contributed by atoms with Crippen LogP contribution in [0.1, 0.15) is 10.4 Å². The third kappa shape index (κ3) is 4.77. The number of hydrogen-bond acceptors (Lipinski definition) is 4. The number of amides is 1. The second kappa shape index (κ2) is 7.29. The summed E-state index contributed by atoms with van der Waals surface area (Å²) in [7, 11) is -2.02. The SMILES string of the molecule is COc1ccc(NC(=O)c2ccc(Cl)c(NS(C)(=O)=O)c2)cc1Cl. The van der Waals surface area contributed by atoms with Gasteiger partial charge in [-0.3, -0.25) is 9.52 Å². The van der Waals surface area contributed by atoms with Gasteiger partial charge in [0.1, 0.15) is 5.75 Å². The van der Waals surface area contributed by atoms with Crippen molar-refractivity contribution in [1.29, 1.82) is 0 Å². The van der Waals surface area contributed by atoms with Crippen molar-refractivity contribution >= 4 is 50.5 Å². The summed E-state index contributed by atoms with van der Waals surface area (Å²) < 4.78 is 29.9. The van der Waals surface area contributed by atoms with Crippen molar-refractivity contribution in [2.45, 2.75) is 0 Å². The summed E-state index contributed by atoms with van der Waals surface area (Å²) in [5.74, 6) is 0.0465. The normalized spacial score (nSPS) is 11.0. The van der Waals surface area contributed by atoms with Gasteiger partial charge in [0, 0.05) is 11.3 Å². The van der Waals surface area contributed by atoms with Crippen LogP contribution in [0.5, 0.6) is 5.75 Å². The number of carbonyl (C=O) groups is 1. The second-order valence-electron chi connectivity index (χ2n) is 4.87. The average molecular weight is 389 g/mol. The lowest BCUT2D eigenvalue weighted by molar-refractivity contribution is 0.102. The molecule has 0 fully saturated rings. The van der Waals surface area contributed by atoms with Crippen molar-refractivity contribution in [1.82, 2.24) is 0 Å². The summed E-state index contributed by atoms with van der Waals surface area (Å²) in [6.07, 6.45) is 0.995. The molecule has 2 rings (SSSR count). The van der Waals surface area contributed by atoms with Gasteiger partial charge in [-0.05, 0) is 36.4 Å². The van der Waals surface area contributed by atoms with Crippen LogP contribution in [0.2, 0.25) is 10.0 Å². The Bertz CT molecular complexity index is 885. The predicted octanol–water partition coefficient (Wildman–Crippen LogP) is 3.63. The van der Waals surface area contributed by atoms with Gasteiger partial charge in [-0.2, -0.15) is 0 Å². The molecule has 1 amide bonds. The Morgan fingerprint density at radius 3 is 2.38 bits per heavy atom. The number of rotatable bonds is 5. The summed E-state index contributed by atoms with van der Waals surface area (Å²) in [5.41, 5.74) is 0.829. The van der Waals surface area contributed by atoms with E-state index in [1.54, 1.807) is 18.2 Å². The number of benzene rings is 2. The largest absolute Gasteiger partial charge is 0.495 e. The summed E-state index contributed by atoms with van der Waals surface area (Å²) >= 11 is 11.9. The fraction of sp³-hybridized carbons (Fsp3) is 0.133. The van der Waals surface area contributed by atoms with Crippen LogP contribution in [-0.2, 0) is 10.0 Å². The van der Waals surface area contributed by atoms with Crippen LogP contribution in [0.25, 0.3) is 0 Å². The molecule has 0 unspecified atom stereocenters. The first kappa shape index (κ1) is 18.4. The van der Waals surface area contributed by atoms with Gasteiger partial charge in [-0.15, -0.1) is 0 Å². The molecule has 2 N–H and O–H groups in total. The molecule has 0 aliphatic rings. The number of hydrogen-bond donors (Lipinski definition) is 2. The number of halogens is 2. The zero-order valence-electron chi connectivity index (χ0n) is 12.8. The Balaban J connectivity index is 2.24. The van der Waals surface area contributed by atoms with Gasteiger partial charge in [-0.1, -0.05) is 23.2 Å². The molecule has 0 bridgehead atoms. The number of methoxy groups -OCH3 is 1. The maximum atomic E-state index is 12.3. The molecule has 0 aliphatic heterocycles. The van der Waals surface area contributed by atoms with Gasteiger partial charge in [0.15, 0.2) is 0 Å². The zero-order valence-corrected chi connectivity index (χ0v) is 15.1. The Hall–Kier alpha value is -1.96. The topological polar surface area (TPSA) is 84.5 Å². The molecule has 0 heterocycles. The number of anilines is 2. The van der Waals surface area contributed by atoms with Crippen LogP contribution in [0, 0.1) is 0 Å². The predicted molar refractivity (Wildman–Crippen MR) is 95.9 cm³/mol. The first-order chi connectivity index (χ1) is 11.2. The number of ether oxygens (including phenoxy) is 1. The molecular formula is C15H14Cl2N2O4S. The van der Waals surface area contributed by atoms with Crippen molar-refractivity contribution in [3.8, 4) is 5.75 Å². The molecule has 0 spiro atoms. The van der Waals surface area contributed by atoms with Gasteiger partial charge < -0.3 is 10.1 Å².